The minimum Gasteiger partial charge on any atom is -0.478 e. The molecule has 4 aromatic rings. The highest BCUT2D eigenvalue weighted by Gasteiger charge is 2.31. The molecular weight excluding hydrogens is 473 g/mol. The number of carboxylic acids is 1. The number of carboxylic acid groups (broad SMARTS) is 1. The zero-order valence-corrected chi connectivity index (χ0v) is 17.8. The van der Waals surface area contributed by atoms with Crippen molar-refractivity contribution in [1.29, 1.82) is 0 Å². The van der Waals surface area contributed by atoms with E-state index in [0.29, 0.717) is 27.4 Å². The topological polar surface area (TPSA) is 103 Å². The van der Waals surface area contributed by atoms with Crippen LogP contribution in [0.5, 0.6) is 5.75 Å². The number of carbonyl (C=O) groups is 1. The smallest absolute Gasteiger partial charge is 0.478 e. The number of para-hydroxylation sites is 1. The monoisotopic (exact) mass is 488 g/mol. The van der Waals surface area contributed by atoms with E-state index in [9.17, 15) is 33.5 Å². The Balaban J connectivity index is 1.67. The number of aromatic carboxylic acids is 1. The fraction of sp³-hybridized carbons (Fsp3) is 0.0435. The minimum atomic E-state index is -4.78. The van der Waals surface area contributed by atoms with E-state index in [0.717, 1.165) is 0 Å². The first-order valence-corrected chi connectivity index (χ1v) is 10.5. The second kappa shape index (κ2) is 9.14. The van der Waals surface area contributed by atoms with Crippen molar-refractivity contribution in [3.8, 4) is 38.7 Å². The molecule has 0 saturated carbocycles. The van der Waals surface area contributed by atoms with Gasteiger partial charge in [0.05, 0.1) is 11.3 Å². The average Bonchev–Trinajstić information content (AvgIpc) is 3.28. The number of thiazole rings is 1. The summed E-state index contributed by atoms with van der Waals surface area (Å²) in [5.41, 5.74) is 2.09. The molecule has 4 rings (SSSR count). The highest BCUT2D eigenvalue weighted by atomic mass is 32.1. The van der Waals surface area contributed by atoms with Gasteiger partial charge in [0.25, 0.3) is 0 Å². The van der Waals surface area contributed by atoms with Crippen molar-refractivity contribution in [3.63, 3.8) is 0 Å². The molecule has 0 atom stereocenters. The van der Waals surface area contributed by atoms with E-state index < -0.39 is 12.3 Å². The molecule has 0 amide bonds. The summed E-state index contributed by atoms with van der Waals surface area (Å²) in [6.45, 7) is 0. The molecule has 0 fully saturated rings. The molecule has 0 radical (unpaired) electrons. The molecule has 174 valence electrons. The molecule has 0 saturated heterocycles. The number of ether oxygens (including phenoxy) is 1. The molecule has 3 N–H and O–H groups in total. The van der Waals surface area contributed by atoms with Crippen LogP contribution in [-0.4, -0.2) is 32.8 Å². The molecule has 1 aromatic heterocycles. The predicted molar refractivity (Wildman–Crippen MR) is 118 cm³/mol. The van der Waals surface area contributed by atoms with Gasteiger partial charge in [-0.25, -0.2) is 9.78 Å². The Morgan fingerprint density at radius 1 is 0.941 bits per heavy atom. The number of hydrogen-bond donors (Lipinski definition) is 3. The second-order valence-corrected chi connectivity index (χ2v) is 7.84. The van der Waals surface area contributed by atoms with Crippen LogP contribution in [0.25, 0.3) is 33.0 Å². The van der Waals surface area contributed by atoms with Gasteiger partial charge >= 0.3 is 12.3 Å². The molecule has 0 aliphatic carbocycles. The molecule has 1 heterocycles. The van der Waals surface area contributed by atoms with Crippen LogP contribution in [0.3, 0.4) is 0 Å². The van der Waals surface area contributed by atoms with E-state index in [1.165, 1.54) is 47.7 Å². The van der Waals surface area contributed by atoms with Gasteiger partial charge in [-0.2, -0.15) is 0 Å². The van der Waals surface area contributed by atoms with E-state index in [1.54, 1.807) is 35.7 Å². The number of aromatic nitrogens is 1. The summed E-state index contributed by atoms with van der Waals surface area (Å²) in [7, 11) is 0. The highest BCUT2D eigenvalue weighted by Crippen LogP contribution is 2.36. The number of anilines is 1. The van der Waals surface area contributed by atoms with Crippen molar-refractivity contribution in [2.45, 2.75) is 6.36 Å². The number of nitrogens with zero attached hydrogens (tertiary/aromatic N) is 2. The first kappa shape index (κ1) is 23.2. The highest BCUT2D eigenvalue weighted by molar-refractivity contribution is 7.13. The third kappa shape index (κ3) is 5.01. The molecular formula is C23H15F3N2O5S. The third-order valence-electron chi connectivity index (χ3n) is 4.79. The SMILES string of the molecule is O=C(O)c1cc(-c2nc(-c3ccc(OC(F)(F)F)cc3)cs2)ccc1-c1ccccc1N(O)O. The van der Waals surface area contributed by atoms with Crippen LogP contribution in [-0.2, 0) is 0 Å². The van der Waals surface area contributed by atoms with Gasteiger partial charge in [-0.05, 0) is 42.0 Å². The van der Waals surface area contributed by atoms with Crippen molar-refractivity contribution in [2.75, 3.05) is 5.23 Å². The van der Waals surface area contributed by atoms with E-state index >= 15 is 0 Å². The van der Waals surface area contributed by atoms with E-state index in [4.69, 9.17) is 0 Å². The Hall–Kier alpha value is -3.93. The number of rotatable bonds is 6. The first-order chi connectivity index (χ1) is 16.1. The summed E-state index contributed by atoms with van der Waals surface area (Å²) in [5, 5.41) is 30.9. The van der Waals surface area contributed by atoms with Gasteiger partial charge in [-0.15, -0.1) is 29.7 Å². The maximum atomic E-state index is 12.3. The van der Waals surface area contributed by atoms with Gasteiger partial charge in [-0.3, -0.25) is 10.4 Å². The van der Waals surface area contributed by atoms with Crippen molar-refractivity contribution >= 4 is 23.0 Å². The molecule has 0 unspecified atom stereocenters. The Kier molecular flexibility index (Phi) is 6.24. The van der Waals surface area contributed by atoms with Gasteiger partial charge in [0.2, 0.25) is 0 Å². The zero-order valence-electron chi connectivity index (χ0n) is 17.0. The van der Waals surface area contributed by atoms with Crippen molar-refractivity contribution in [1.82, 2.24) is 4.98 Å². The molecule has 7 nitrogen and oxygen atoms in total. The van der Waals surface area contributed by atoms with E-state index in [-0.39, 0.29) is 27.8 Å². The molecule has 11 heteroatoms. The summed E-state index contributed by atoms with van der Waals surface area (Å²) in [6, 6.07) is 16.1. The Morgan fingerprint density at radius 2 is 1.62 bits per heavy atom. The molecule has 0 aliphatic rings. The first-order valence-electron chi connectivity index (χ1n) is 9.59. The van der Waals surface area contributed by atoms with Crippen molar-refractivity contribution in [2.24, 2.45) is 0 Å². The zero-order chi connectivity index (χ0) is 24.5. The average molecular weight is 488 g/mol. The van der Waals surface area contributed by atoms with Crippen LogP contribution < -0.4 is 9.96 Å². The summed E-state index contributed by atoms with van der Waals surface area (Å²) in [5.74, 6) is -1.57. The molecule has 0 aliphatic heterocycles. The van der Waals surface area contributed by atoms with Crippen LogP contribution in [0.2, 0.25) is 0 Å². The Morgan fingerprint density at radius 3 is 2.26 bits per heavy atom. The van der Waals surface area contributed by atoms with Crippen LogP contribution in [0, 0.1) is 0 Å². The number of benzene rings is 3. The lowest BCUT2D eigenvalue weighted by atomic mass is 9.96. The lowest BCUT2D eigenvalue weighted by molar-refractivity contribution is -0.274. The van der Waals surface area contributed by atoms with Crippen LogP contribution in [0.1, 0.15) is 10.4 Å². The molecule has 0 spiro atoms. The summed E-state index contributed by atoms with van der Waals surface area (Å²) in [4.78, 5) is 16.4. The normalized spacial score (nSPS) is 11.3. The lowest BCUT2D eigenvalue weighted by Gasteiger charge is -2.15. The largest absolute Gasteiger partial charge is 0.573 e. The Bertz CT molecular complexity index is 1340. The van der Waals surface area contributed by atoms with E-state index in [2.05, 4.69) is 9.72 Å². The summed E-state index contributed by atoms with van der Waals surface area (Å²) < 4.78 is 40.9. The minimum absolute atomic E-state index is 0.00670. The van der Waals surface area contributed by atoms with Gasteiger partial charge in [0, 0.05) is 22.1 Å². The molecule has 34 heavy (non-hydrogen) atoms. The van der Waals surface area contributed by atoms with Gasteiger partial charge in [-0.1, -0.05) is 30.3 Å². The fourth-order valence-corrected chi connectivity index (χ4v) is 4.16. The Labute approximate surface area is 194 Å². The van der Waals surface area contributed by atoms with Crippen LogP contribution in [0.15, 0.2) is 72.1 Å². The van der Waals surface area contributed by atoms with Crippen molar-refractivity contribution < 1.29 is 38.2 Å². The summed E-state index contributed by atoms with van der Waals surface area (Å²) >= 11 is 1.24. The molecule has 0 bridgehead atoms. The quantitative estimate of drug-likeness (QED) is 0.273. The van der Waals surface area contributed by atoms with E-state index in [1.807, 2.05) is 0 Å². The molecule has 3 aromatic carbocycles. The van der Waals surface area contributed by atoms with Crippen LogP contribution in [0.4, 0.5) is 18.9 Å². The van der Waals surface area contributed by atoms with Gasteiger partial charge in [0.15, 0.2) is 0 Å². The fourth-order valence-electron chi connectivity index (χ4n) is 3.33. The third-order valence-corrected chi connectivity index (χ3v) is 5.69. The van der Waals surface area contributed by atoms with Crippen LogP contribution >= 0.6 is 11.3 Å². The number of halogens is 3. The number of hydrogen-bond acceptors (Lipinski definition) is 7. The predicted octanol–water partition coefficient (Wildman–Crippen LogP) is 6.33. The number of alkyl halides is 3. The lowest BCUT2D eigenvalue weighted by Crippen LogP contribution is -2.16. The maximum absolute atomic E-state index is 12.3. The van der Waals surface area contributed by atoms with Gasteiger partial charge in [0.1, 0.15) is 16.4 Å². The maximum Gasteiger partial charge on any atom is 0.573 e. The second-order valence-electron chi connectivity index (χ2n) is 6.98. The summed E-state index contributed by atoms with van der Waals surface area (Å²) in [6.07, 6.45) is -4.78. The standard InChI is InChI=1S/C23H15F3N2O5S/c24-23(25,26)33-15-8-5-13(6-9-15)19-12-34-21(27-19)14-7-10-16(18(11-14)22(29)30)17-3-1-2-4-20(17)28(31)32/h1-12,31-32H,(H,29,30). The van der Waals surface area contributed by atoms with Crippen molar-refractivity contribution in [3.05, 3.63) is 77.7 Å². The van der Waals surface area contributed by atoms with Gasteiger partial charge < -0.3 is 9.84 Å².